The third-order valence-corrected chi connectivity index (χ3v) is 3.33. The number of H-pyrrole nitrogens is 1. The van der Waals surface area contributed by atoms with E-state index < -0.39 is 0 Å². The summed E-state index contributed by atoms with van der Waals surface area (Å²) in [6.45, 7) is 1.43. The number of rotatable bonds is 1. The van der Waals surface area contributed by atoms with Crippen LogP contribution in [0.25, 0.3) is 10.9 Å². The average molecular weight is 229 g/mol. The fourth-order valence-electron chi connectivity index (χ4n) is 2.39. The van der Waals surface area contributed by atoms with Gasteiger partial charge in [-0.15, -0.1) is 0 Å². The summed E-state index contributed by atoms with van der Waals surface area (Å²) in [5.74, 6) is 0.0791. The maximum absolute atomic E-state index is 12.3. The van der Waals surface area contributed by atoms with Crippen molar-refractivity contribution in [2.45, 2.75) is 12.5 Å². The van der Waals surface area contributed by atoms with Crippen LogP contribution in [0.3, 0.4) is 0 Å². The predicted molar refractivity (Wildman–Crippen MR) is 66.8 cm³/mol. The Kier molecular flexibility index (Phi) is 2.37. The molecular formula is C13H15N3O. The highest BCUT2D eigenvalue weighted by Gasteiger charge is 2.25. The molecular weight excluding hydrogens is 214 g/mol. The van der Waals surface area contributed by atoms with Crippen molar-refractivity contribution in [1.82, 2.24) is 9.88 Å². The largest absolute Gasteiger partial charge is 0.360 e. The van der Waals surface area contributed by atoms with Crippen molar-refractivity contribution in [3.05, 3.63) is 36.0 Å². The third kappa shape index (κ3) is 1.70. The average Bonchev–Trinajstić information content (AvgIpc) is 2.94. The van der Waals surface area contributed by atoms with Gasteiger partial charge >= 0.3 is 0 Å². The Labute approximate surface area is 99.4 Å². The quantitative estimate of drug-likeness (QED) is 0.775. The first-order chi connectivity index (χ1) is 8.25. The summed E-state index contributed by atoms with van der Waals surface area (Å²) >= 11 is 0. The molecule has 0 aliphatic carbocycles. The molecule has 2 aromatic rings. The summed E-state index contributed by atoms with van der Waals surface area (Å²) < 4.78 is 0. The summed E-state index contributed by atoms with van der Waals surface area (Å²) in [6.07, 6.45) is 2.69. The number of likely N-dealkylation sites (tertiary alicyclic amines) is 1. The molecule has 1 aromatic carbocycles. The van der Waals surface area contributed by atoms with Gasteiger partial charge in [0.1, 0.15) is 0 Å². The first-order valence-corrected chi connectivity index (χ1v) is 5.86. The van der Waals surface area contributed by atoms with Crippen LogP contribution in [0.15, 0.2) is 30.5 Å². The van der Waals surface area contributed by atoms with Gasteiger partial charge in [0.2, 0.25) is 0 Å². The predicted octanol–water partition coefficient (Wildman–Crippen LogP) is 1.34. The van der Waals surface area contributed by atoms with Gasteiger partial charge in [-0.05, 0) is 12.5 Å². The van der Waals surface area contributed by atoms with Gasteiger partial charge in [0.05, 0.1) is 5.56 Å². The van der Waals surface area contributed by atoms with Gasteiger partial charge in [0.15, 0.2) is 0 Å². The van der Waals surface area contributed by atoms with E-state index in [1.165, 1.54) is 0 Å². The molecule has 1 aromatic heterocycles. The second kappa shape index (κ2) is 3.89. The standard InChI is InChI=1S/C13H15N3O/c14-9-5-6-16(8-9)13(17)11-7-15-12-4-2-1-3-10(11)12/h1-4,7,9,15H,5-6,8,14H2. The number of nitrogens with two attached hydrogens (primary N) is 1. The SMILES string of the molecule is NC1CCN(C(=O)c2c[nH]c3ccccc23)C1. The van der Waals surface area contributed by atoms with Gasteiger partial charge in [0, 0.05) is 36.2 Å². The topological polar surface area (TPSA) is 62.1 Å². The molecule has 1 aliphatic heterocycles. The van der Waals surface area contributed by atoms with Crippen LogP contribution in [-0.2, 0) is 0 Å². The summed E-state index contributed by atoms with van der Waals surface area (Å²) in [5.41, 5.74) is 7.57. The van der Waals surface area contributed by atoms with Crippen LogP contribution >= 0.6 is 0 Å². The molecule has 0 bridgehead atoms. The van der Waals surface area contributed by atoms with Crippen molar-refractivity contribution >= 4 is 16.8 Å². The Hall–Kier alpha value is -1.81. The molecule has 17 heavy (non-hydrogen) atoms. The second-order valence-electron chi connectivity index (χ2n) is 4.55. The Morgan fingerprint density at radius 2 is 2.24 bits per heavy atom. The number of amides is 1. The van der Waals surface area contributed by atoms with E-state index in [2.05, 4.69) is 4.98 Å². The Morgan fingerprint density at radius 3 is 3.00 bits per heavy atom. The first-order valence-electron chi connectivity index (χ1n) is 5.86. The second-order valence-corrected chi connectivity index (χ2v) is 4.55. The lowest BCUT2D eigenvalue weighted by Gasteiger charge is -2.14. The zero-order valence-corrected chi connectivity index (χ0v) is 9.52. The van der Waals surface area contributed by atoms with Crippen LogP contribution in [0.2, 0.25) is 0 Å². The van der Waals surface area contributed by atoms with Gasteiger partial charge in [-0.25, -0.2) is 0 Å². The number of hydrogen-bond donors (Lipinski definition) is 2. The van der Waals surface area contributed by atoms with Crippen LogP contribution in [0.1, 0.15) is 16.8 Å². The fraction of sp³-hybridized carbons (Fsp3) is 0.308. The molecule has 1 atom stereocenters. The van der Waals surface area contributed by atoms with Crippen molar-refractivity contribution in [3.8, 4) is 0 Å². The van der Waals surface area contributed by atoms with Gasteiger partial charge < -0.3 is 15.6 Å². The van der Waals surface area contributed by atoms with E-state index in [0.29, 0.717) is 6.54 Å². The van der Waals surface area contributed by atoms with E-state index in [0.717, 1.165) is 29.4 Å². The highest BCUT2D eigenvalue weighted by atomic mass is 16.2. The fourth-order valence-corrected chi connectivity index (χ4v) is 2.39. The Morgan fingerprint density at radius 1 is 1.41 bits per heavy atom. The molecule has 88 valence electrons. The van der Waals surface area contributed by atoms with E-state index in [9.17, 15) is 4.79 Å². The van der Waals surface area contributed by atoms with Crippen molar-refractivity contribution in [2.24, 2.45) is 5.73 Å². The highest BCUT2D eigenvalue weighted by Crippen LogP contribution is 2.21. The zero-order valence-electron chi connectivity index (χ0n) is 9.52. The number of nitrogens with zero attached hydrogens (tertiary/aromatic N) is 1. The lowest BCUT2D eigenvalue weighted by molar-refractivity contribution is 0.0793. The molecule has 1 fully saturated rings. The van der Waals surface area contributed by atoms with Crippen LogP contribution in [0, 0.1) is 0 Å². The molecule has 1 unspecified atom stereocenters. The van der Waals surface area contributed by atoms with Crippen molar-refractivity contribution in [1.29, 1.82) is 0 Å². The smallest absolute Gasteiger partial charge is 0.256 e. The maximum atomic E-state index is 12.3. The molecule has 3 N–H and O–H groups in total. The van der Waals surface area contributed by atoms with Crippen LogP contribution in [0.5, 0.6) is 0 Å². The molecule has 0 spiro atoms. The van der Waals surface area contributed by atoms with Gasteiger partial charge in [-0.1, -0.05) is 18.2 Å². The number of carbonyl (C=O) groups is 1. The van der Waals surface area contributed by atoms with E-state index in [4.69, 9.17) is 5.73 Å². The number of carbonyl (C=O) groups excluding carboxylic acids is 1. The number of hydrogen-bond acceptors (Lipinski definition) is 2. The van der Waals surface area contributed by atoms with E-state index in [1.807, 2.05) is 29.2 Å². The summed E-state index contributed by atoms with van der Waals surface area (Å²) in [5, 5.41) is 0.984. The van der Waals surface area contributed by atoms with Crippen molar-refractivity contribution in [2.75, 3.05) is 13.1 Å². The van der Waals surface area contributed by atoms with Gasteiger partial charge in [0.25, 0.3) is 5.91 Å². The number of para-hydroxylation sites is 1. The van der Waals surface area contributed by atoms with Gasteiger partial charge in [-0.2, -0.15) is 0 Å². The van der Waals surface area contributed by atoms with Gasteiger partial charge in [-0.3, -0.25) is 4.79 Å². The van der Waals surface area contributed by atoms with Crippen molar-refractivity contribution in [3.63, 3.8) is 0 Å². The number of benzene rings is 1. The van der Waals surface area contributed by atoms with Crippen LogP contribution in [0.4, 0.5) is 0 Å². The molecule has 3 rings (SSSR count). The lowest BCUT2D eigenvalue weighted by Crippen LogP contribution is -2.31. The molecule has 4 nitrogen and oxygen atoms in total. The molecule has 1 amide bonds. The Balaban J connectivity index is 1.96. The normalized spacial score (nSPS) is 20.1. The minimum absolute atomic E-state index is 0.0791. The van der Waals surface area contributed by atoms with Crippen molar-refractivity contribution < 1.29 is 4.79 Å². The first kappa shape index (κ1) is 10.4. The number of fused-ring (bicyclic) bond motifs is 1. The maximum Gasteiger partial charge on any atom is 0.256 e. The lowest BCUT2D eigenvalue weighted by atomic mass is 10.1. The van der Waals surface area contributed by atoms with Crippen LogP contribution < -0.4 is 5.73 Å². The summed E-state index contributed by atoms with van der Waals surface area (Å²) in [7, 11) is 0. The minimum Gasteiger partial charge on any atom is -0.360 e. The monoisotopic (exact) mass is 229 g/mol. The Bertz CT molecular complexity index is 561. The number of nitrogens with one attached hydrogen (secondary N) is 1. The third-order valence-electron chi connectivity index (χ3n) is 3.33. The summed E-state index contributed by atoms with van der Waals surface area (Å²) in [4.78, 5) is 17.3. The number of aromatic amines is 1. The molecule has 4 heteroatoms. The minimum atomic E-state index is 0.0791. The van der Waals surface area contributed by atoms with E-state index in [1.54, 1.807) is 6.20 Å². The van der Waals surface area contributed by atoms with E-state index >= 15 is 0 Å². The highest BCUT2D eigenvalue weighted by molar-refractivity contribution is 6.06. The summed E-state index contributed by atoms with van der Waals surface area (Å²) in [6, 6.07) is 7.97. The molecule has 1 aliphatic rings. The number of aromatic nitrogens is 1. The molecule has 0 saturated carbocycles. The zero-order chi connectivity index (χ0) is 11.8. The molecule has 2 heterocycles. The van der Waals surface area contributed by atoms with Crippen LogP contribution in [-0.4, -0.2) is 34.9 Å². The molecule has 1 saturated heterocycles. The molecule has 0 radical (unpaired) electrons. The van der Waals surface area contributed by atoms with E-state index in [-0.39, 0.29) is 11.9 Å².